The van der Waals surface area contributed by atoms with E-state index in [-0.39, 0.29) is 5.82 Å². The summed E-state index contributed by atoms with van der Waals surface area (Å²) in [4.78, 5) is 8.64. The van der Waals surface area contributed by atoms with Crippen molar-refractivity contribution in [2.24, 2.45) is 0 Å². The Morgan fingerprint density at radius 3 is 2.94 bits per heavy atom. The van der Waals surface area contributed by atoms with Crippen LogP contribution in [0.3, 0.4) is 0 Å². The Labute approximate surface area is 111 Å². The minimum Gasteiger partial charge on any atom is -0.311 e. The molecule has 3 nitrogen and oxygen atoms in total. The first kappa shape index (κ1) is 11.3. The van der Waals surface area contributed by atoms with Crippen molar-refractivity contribution in [3.8, 4) is 0 Å². The minimum absolute atomic E-state index is 0.230. The number of pyridine rings is 1. The van der Waals surface area contributed by atoms with Gasteiger partial charge in [0.05, 0.1) is 12.9 Å². The molecule has 0 aliphatic heterocycles. The fraction of sp³-hybridized carbons (Fsp3) is 0.0769. The van der Waals surface area contributed by atoms with Crippen molar-refractivity contribution >= 4 is 27.1 Å². The molecule has 2 heterocycles. The predicted octanol–water partition coefficient (Wildman–Crippen LogP) is 3.38. The van der Waals surface area contributed by atoms with Crippen molar-refractivity contribution in [3.63, 3.8) is 0 Å². The van der Waals surface area contributed by atoms with E-state index in [0.29, 0.717) is 6.54 Å². The second kappa shape index (κ2) is 4.49. The number of hydrogen-bond donors (Lipinski definition) is 0. The SMILES string of the molecule is Fc1cccc(Cn2cnc3ccc(Br)nc32)c1. The van der Waals surface area contributed by atoms with Crippen molar-refractivity contribution < 1.29 is 4.39 Å². The van der Waals surface area contributed by atoms with Gasteiger partial charge < -0.3 is 4.57 Å². The number of fused-ring (bicyclic) bond motifs is 1. The molecule has 3 rings (SSSR count). The molecule has 0 saturated carbocycles. The van der Waals surface area contributed by atoms with E-state index in [1.807, 2.05) is 22.8 Å². The fourth-order valence-electron chi connectivity index (χ4n) is 1.86. The van der Waals surface area contributed by atoms with Crippen molar-refractivity contribution in [2.75, 3.05) is 0 Å². The number of rotatable bonds is 2. The molecular formula is C13H9BrFN3. The van der Waals surface area contributed by atoms with Crippen LogP contribution in [-0.4, -0.2) is 14.5 Å². The van der Waals surface area contributed by atoms with Crippen LogP contribution < -0.4 is 0 Å². The molecule has 3 aromatic rings. The van der Waals surface area contributed by atoms with Gasteiger partial charge in [0.2, 0.25) is 0 Å². The van der Waals surface area contributed by atoms with Crippen LogP contribution in [0.5, 0.6) is 0 Å². The Hall–Kier alpha value is -1.75. The zero-order valence-corrected chi connectivity index (χ0v) is 10.9. The first-order chi connectivity index (χ1) is 8.72. The Morgan fingerprint density at radius 1 is 1.22 bits per heavy atom. The Balaban J connectivity index is 2.02. The largest absolute Gasteiger partial charge is 0.311 e. The Bertz CT molecular complexity index is 708. The van der Waals surface area contributed by atoms with Gasteiger partial charge in [-0.15, -0.1) is 0 Å². The lowest BCUT2D eigenvalue weighted by molar-refractivity contribution is 0.624. The standard InChI is InChI=1S/C13H9BrFN3/c14-12-5-4-11-13(17-12)18(8-16-11)7-9-2-1-3-10(15)6-9/h1-6,8H,7H2. The fourth-order valence-corrected chi connectivity index (χ4v) is 2.16. The van der Waals surface area contributed by atoms with Crippen LogP contribution in [-0.2, 0) is 6.54 Å². The Morgan fingerprint density at radius 2 is 2.11 bits per heavy atom. The molecule has 0 bridgehead atoms. The summed E-state index contributed by atoms with van der Waals surface area (Å²) in [6.07, 6.45) is 1.72. The van der Waals surface area contributed by atoms with Crippen LogP contribution in [0.2, 0.25) is 0 Å². The zero-order chi connectivity index (χ0) is 12.5. The molecule has 2 aromatic heterocycles. The van der Waals surface area contributed by atoms with E-state index >= 15 is 0 Å². The summed E-state index contributed by atoms with van der Waals surface area (Å²) < 4.78 is 15.8. The molecule has 5 heteroatoms. The monoisotopic (exact) mass is 305 g/mol. The summed E-state index contributed by atoms with van der Waals surface area (Å²) >= 11 is 3.34. The predicted molar refractivity (Wildman–Crippen MR) is 70.7 cm³/mol. The highest BCUT2D eigenvalue weighted by Crippen LogP contribution is 2.16. The second-order valence-corrected chi connectivity index (χ2v) is 4.79. The van der Waals surface area contributed by atoms with Gasteiger partial charge in [-0.2, -0.15) is 0 Å². The van der Waals surface area contributed by atoms with Gasteiger partial charge in [0.25, 0.3) is 0 Å². The van der Waals surface area contributed by atoms with Crippen LogP contribution in [0.1, 0.15) is 5.56 Å². The molecule has 0 aliphatic rings. The smallest absolute Gasteiger partial charge is 0.161 e. The third kappa shape index (κ3) is 2.13. The van der Waals surface area contributed by atoms with Gasteiger partial charge in [0.15, 0.2) is 5.65 Å². The van der Waals surface area contributed by atoms with Crippen LogP contribution in [0, 0.1) is 5.82 Å². The molecule has 0 unspecified atom stereocenters. The maximum Gasteiger partial charge on any atom is 0.161 e. The highest BCUT2D eigenvalue weighted by molar-refractivity contribution is 9.10. The highest BCUT2D eigenvalue weighted by Gasteiger charge is 2.05. The van der Waals surface area contributed by atoms with Gasteiger partial charge >= 0.3 is 0 Å². The zero-order valence-electron chi connectivity index (χ0n) is 9.35. The van der Waals surface area contributed by atoms with E-state index in [1.54, 1.807) is 12.4 Å². The van der Waals surface area contributed by atoms with Crippen LogP contribution >= 0.6 is 15.9 Å². The van der Waals surface area contributed by atoms with Crippen molar-refractivity contribution in [1.82, 2.24) is 14.5 Å². The molecule has 90 valence electrons. The Kier molecular flexibility index (Phi) is 2.83. The first-order valence-corrected chi connectivity index (χ1v) is 6.23. The van der Waals surface area contributed by atoms with Gasteiger partial charge in [-0.05, 0) is 45.8 Å². The molecule has 0 amide bonds. The van der Waals surface area contributed by atoms with E-state index in [2.05, 4.69) is 25.9 Å². The van der Waals surface area contributed by atoms with E-state index < -0.39 is 0 Å². The third-order valence-electron chi connectivity index (χ3n) is 2.67. The maximum atomic E-state index is 13.1. The highest BCUT2D eigenvalue weighted by atomic mass is 79.9. The molecule has 18 heavy (non-hydrogen) atoms. The summed E-state index contributed by atoms with van der Waals surface area (Å²) in [5.41, 5.74) is 2.50. The lowest BCUT2D eigenvalue weighted by Gasteiger charge is -2.04. The van der Waals surface area contributed by atoms with Gasteiger partial charge in [-0.1, -0.05) is 12.1 Å². The number of aromatic nitrogens is 3. The number of halogens is 2. The average Bonchev–Trinajstić information content (AvgIpc) is 2.72. The summed E-state index contributed by atoms with van der Waals surface area (Å²) in [5, 5.41) is 0. The van der Waals surface area contributed by atoms with E-state index in [4.69, 9.17) is 0 Å². The molecular weight excluding hydrogens is 297 g/mol. The second-order valence-electron chi connectivity index (χ2n) is 3.98. The number of hydrogen-bond acceptors (Lipinski definition) is 2. The van der Waals surface area contributed by atoms with Gasteiger partial charge in [0, 0.05) is 0 Å². The maximum absolute atomic E-state index is 13.1. The van der Waals surface area contributed by atoms with Crippen molar-refractivity contribution in [3.05, 3.63) is 58.7 Å². The van der Waals surface area contributed by atoms with E-state index in [0.717, 1.165) is 21.3 Å². The number of imidazole rings is 1. The third-order valence-corrected chi connectivity index (χ3v) is 3.11. The summed E-state index contributed by atoms with van der Waals surface area (Å²) in [5.74, 6) is -0.230. The molecule has 0 aliphatic carbocycles. The lowest BCUT2D eigenvalue weighted by Crippen LogP contribution is -1.99. The minimum atomic E-state index is -0.230. The summed E-state index contributed by atoms with van der Waals surface area (Å²) in [6.45, 7) is 0.553. The molecule has 0 radical (unpaired) electrons. The summed E-state index contributed by atoms with van der Waals surface area (Å²) in [7, 11) is 0. The molecule has 0 fully saturated rings. The lowest BCUT2D eigenvalue weighted by atomic mass is 10.2. The average molecular weight is 306 g/mol. The summed E-state index contributed by atoms with van der Waals surface area (Å²) in [6, 6.07) is 10.3. The topological polar surface area (TPSA) is 30.7 Å². The van der Waals surface area contributed by atoms with Crippen molar-refractivity contribution in [1.29, 1.82) is 0 Å². The molecule has 0 spiro atoms. The molecule has 0 saturated heterocycles. The van der Waals surface area contributed by atoms with Gasteiger partial charge in [-0.3, -0.25) is 0 Å². The number of nitrogens with zero attached hydrogens (tertiary/aromatic N) is 3. The molecule has 0 atom stereocenters. The quantitative estimate of drug-likeness (QED) is 0.680. The van der Waals surface area contributed by atoms with Crippen LogP contribution in [0.15, 0.2) is 47.3 Å². The number of benzene rings is 1. The van der Waals surface area contributed by atoms with Gasteiger partial charge in [0.1, 0.15) is 15.9 Å². The molecule has 0 N–H and O–H groups in total. The van der Waals surface area contributed by atoms with E-state index in [9.17, 15) is 4.39 Å². The van der Waals surface area contributed by atoms with Crippen molar-refractivity contribution in [2.45, 2.75) is 6.54 Å². The van der Waals surface area contributed by atoms with E-state index in [1.165, 1.54) is 12.1 Å². The normalized spacial score (nSPS) is 11.0. The molecule has 1 aromatic carbocycles. The first-order valence-electron chi connectivity index (χ1n) is 5.44. The van der Waals surface area contributed by atoms with Gasteiger partial charge in [-0.25, -0.2) is 14.4 Å². The van der Waals surface area contributed by atoms with Crippen LogP contribution in [0.4, 0.5) is 4.39 Å². The van der Waals surface area contributed by atoms with Crippen LogP contribution in [0.25, 0.3) is 11.2 Å².